The van der Waals surface area contributed by atoms with Gasteiger partial charge < -0.3 is 5.32 Å². The van der Waals surface area contributed by atoms with Gasteiger partial charge >= 0.3 is 0 Å². The number of likely N-dealkylation sites (N-methyl/N-ethyl adjacent to an activating group) is 1. The van der Waals surface area contributed by atoms with Crippen LogP contribution in [0.2, 0.25) is 0 Å². The fraction of sp³-hybridized carbons (Fsp3) is 1.00. The van der Waals surface area contributed by atoms with Crippen molar-refractivity contribution in [2.75, 3.05) is 20.1 Å². The van der Waals surface area contributed by atoms with Gasteiger partial charge in [0.1, 0.15) is 0 Å². The lowest BCUT2D eigenvalue weighted by molar-refractivity contribution is -0.0577. The summed E-state index contributed by atoms with van der Waals surface area (Å²) < 4.78 is 0. The molecule has 1 heterocycles. The molecular formula is C15H28N2. The maximum atomic E-state index is 3.39. The number of likely N-dealkylation sites (tertiary alicyclic amines) is 1. The molecule has 1 N–H and O–H groups in total. The number of hydrogen-bond donors (Lipinski definition) is 1. The highest BCUT2D eigenvalue weighted by Crippen LogP contribution is 2.54. The van der Waals surface area contributed by atoms with Crippen LogP contribution in [0.1, 0.15) is 57.8 Å². The Bertz CT molecular complexity index is 258. The molecule has 3 rings (SSSR count). The van der Waals surface area contributed by atoms with E-state index in [4.69, 9.17) is 0 Å². The van der Waals surface area contributed by atoms with Crippen LogP contribution in [0, 0.1) is 5.41 Å². The van der Waals surface area contributed by atoms with Crippen molar-refractivity contribution in [3.05, 3.63) is 0 Å². The first-order chi connectivity index (χ1) is 8.36. The summed E-state index contributed by atoms with van der Waals surface area (Å²) in [5.41, 5.74) is 0.759. The molecule has 0 bridgehead atoms. The van der Waals surface area contributed by atoms with Crippen LogP contribution in [-0.4, -0.2) is 37.1 Å². The summed E-state index contributed by atoms with van der Waals surface area (Å²) in [6.45, 7) is 2.57. The highest BCUT2D eigenvalue weighted by molar-refractivity contribution is 5.05. The van der Waals surface area contributed by atoms with Crippen LogP contribution in [-0.2, 0) is 0 Å². The molecule has 17 heavy (non-hydrogen) atoms. The summed E-state index contributed by atoms with van der Waals surface area (Å²) in [4.78, 5) is 2.88. The Labute approximate surface area is 106 Å². The molecule has 0 amide bonds. The molecule has 2 saturated carbocycles. The minimum absolute atomic E-state index is 0.759. The molecule has 0 aromatic heterocycles. The molecule has 3 fully saturated rings. The van der Waals surface area contributed by atoms with Gasteiger partial charge in [0.25, 0.3) is 0 Å². The second-order valence-electron chi connectivity index (χ2n) is 6.57. The van der Waals surface area contributed by atoms with E-state index in [1.807, 2.05) is 0 Å². The summed E-state index contributed by atoms with van der Waals surface area (Å²) in [5, 5.41) is 3.39. The van der Waals surface area contributed by atoms with E-state index in [-0.39, 0.29) is 0 Å². The van der Waals surface area contributed by atoms with E-state index in [2.05, 4.69) is 17.3 Å². The predicted molar refractivity (Wildman–Crippen MR) is 72.2 cm³/mol. The second kappa shape index (κ2) is 4.89. The first kappa shape index (κ1) is 12.0. The van der Waals surface area contributed by atoms with Crippen molar-refractivity contribution in [3.63, 3.8) is 0 Å². The van der Waals surface area contributed by atoms with Crippen LogP contribution < -0.4 is 5.32 Å². The number of hydrogen-bond acceptors (Lipinski definition) is 2. The van der Waals surface area contributed by atoms with Gasteiger partial charge in [0, 0.05) is 18.6 Å². The van der Waals surface area contributed by atoms with E-state index in [0.29, 0.717) is 0 Å². The van der Waals surface area contributed by atoms with Crippen molar-refractivity contribution in [2.45, 2.75) is 69.9 Å². The molecule has 2 heteroatoms. The third kappa shape index (κ3) is 2.04. The minimum Gasteiger partial charge on any atom is -0.318 e. The third-order valence-corrected chi connectivity index (χ3v) is 5.73. The Morgan fingerprint density at radius 2 is 1.88 bits per heavy atom. The fourth-order valence-corrected chi connectivity index (χ4v) is 4.76. The van der Waals surface area contributed by atoms with Crippen LogP contribution in [0.15, 0.2) is 0 Å². The first-order valence-electron chi connectivity index (χ1n) is 7.76. The molecule has 1 aliphatic heterocycles. The molecular weight excluding hydrogens is 208 g/mol. The molecule has 0 radical (unpaired) electrons. The van der Waals surface area contributed by atoms with E-state index >= 15 is 0 Å². The lowest BCUT2D eigenvalue weighted by Crippen LogP contribution is -2.58. The van der Waals surface area contributed by atoms with Crippen molar-refractivity contribution in [3.8, 4) is 0 Å². The van der Waals surface area contributed by atoms with E-state index in [1.54, 1.807) is 0 Å². The summed E-state index contributed by atoms with van der Waals surface area (Å²) in [6.07, 6.45) is 13.4. The predicted octanol–water partition coefficient (Wildman–Crippen LogP) is 2.78. The van der Waals surface area contributed by atoms with E-state index < -0.39 is 0 Å². The molecule has 1 saturated heterocycles. The SMILES string of the molecule is CNCC1CCCN1C1CCC12CCCCC2. The summed E-state index contributed by atoms with van der Waals surface area (Å²) in [7, 11) is 2.10. The van der Waals surface area contributed by atoms with E-state index in [1.165, 1.54) is 70.9 Å². The van der Waals surface area contributed by atoms with Gasteiger partial charge in [-0.15, -0.1) is 0 Å². The highest BCUT2D eigenvalue weighted by atomic mass is 15.2. The molecule has 2 atom stereocenters. The number of nitrogens with one attached hydrogen (secondary N) is 1. The Balaban J connectivity index is 1.67. The van der Waals surface area contributed by atoms with Crippen LogP contribution in [0.25, 0.3) is 0 Å². The molecule has 0 aromatic carbocycles. The van der Waals surface area contributed by atoms with Gasteiger partial charge in [-0.2, -0.15) is 0 Å². The van der Waals surface area contributed by atoms with Crippen LogP contribution in [0.4, 0.5) is 0 Å². The maximum Gasteiger partial charge on any atom is 0.0224 e. The van der Waals surface area contributed by atoms with Gasteiger partial charge in [0.05, 0.1) is 0 Å². The Morgan fingerprint density at radius 1 is 1.06 bits per heavy atom. The summed E-state index contributed by atoms with van der Waals surface area (Å²) >= 11 is 0. The number of rotatable bonds is 3. The monoisotopic (exact) mass is 236 g/mol. The van der Waals surface area contributed by atoms with Gasteiger partial charge in [-0.25, -0.2) is 0 Å². The quantitative estimate of drug-likeness (QED) is 0.810. The minimum atomic E-state index is 0.759. The molecule has 0 aromatic rings. The van der Waals surface area contributed by atoms with E-state index in [9.17, 15) is 0 Å². The van der Waals surface area contributed by atoms with Crippen molar-refractivity contribution in [1.82, 2.24) is 10.2 Å². The Morgan fingerprint density at radius 3 is 2.53 bits per heavy atom. The van der Waals surface area contributed by atoms with Crippen molar-refractivity contribution >= 4 is 0 Å². The van der Waals surface area contributed by atoms with Crippen LogP contribution >= 0.6 is 0 Å². The lowest BCUT2D eigenvalue weighted by atomic mass is 9.56. The molecule has 1 spiro atoms. The average Bonchev–Trinajstić information content (AvgIpc) is 2.78. The first-order valence-corrected chi connectivity index (χ1v) is 7.76. The zero-order chi connectivity index (χ0) is 11.7. The fourth-order valence-electron chi connectivity index (χ4n) is 4.76. The topological polar surface area (TPSA) is 15.3 Å². The van der Waals surface area contributed by atoms with Gasteiger partial charge in [-0.1, -0.05) is 19.3 Å². The van der Waals surface area contributed by atoms with Gasteiger partial charge in [0.15, 0.2) is 0 Å². The lowest BCUT2D eigenvalue weighted by Gasteiger charge is -2.57. The van der Waals surface area contributed by atoms with E-state index in [0.717, 1.165) is 17.5 Å². The van der Waals surface area contributed by atoms with Gasteiger partial charge in [0.2, 0.25) is 0 Å². The third-order valence-electron chi connectivity index (χ3n) is 5.73. The summed E-state index contributed by atoms with van der Waals surface area (Å²) in [5.74, 6) is 0. The van der Waals surface area contributed by atoms with Crippen LogP contribution in [0.5, 0.6) is 0 Å². The summed E-state index contributed by atoms with van der Waals surface area (Å²) in [6, 6.07) is 1.78. The highest BCUT2D eigenvalue weighted by Gasteiger charge is 2.51. The van der Waals surface area contributed by atoms with Crippen molar-refractivity contribution in [2.24, 2.45) is 5.41 Å². The molecule has 2 nitrogen and oxygen atoms in total. The van der Waals surface area contributed by atoms with Crippen molar-refractivity contribution < 1.29 is 0 Å². The molecule has 3 aliphatic rings. The second-order valence-corrected chi connectivity index (χ2v) is 6.57. The Hall–Kier alpha value is -0.0800. The Kier molecular flexibility index (Phi) is 3.45. The normalized spacial score (nSPS) is 37.2. The van der Waals surface area contributed by atoms with Gasteiger partial charge in [-0.05, 0) is 57.5 Å². The zero-order valence-electron chi connectivity index (χ0n) is 11.4. The zero-order valence-corrected chi connectivity index (χ0v) is 11.4. The van der Waals surface area contributed by atoms with Crippen molar-refractivity contribution in [1.29, 1.82) is 0 Å². The maximum absolute atomic E-state index is 3.39. The average molecular weight is 236 g/mol. The number of nitrogens with zero attached hydrogens (tertiary/aromatic N) is 1. The van der Waals surface area contributed by atoms with Gasteiger partial charge in [-0.3, -0.25) is 4.90 Å². The molecule has 2 unspecified atom stereocenters. The largest absolute Gasteiger partial charge is 0.318 e. The standard InChI is InChI=1S/C15H28N2/c1-16-12-13-6-5-11-17(13)14-7-10-15(14)8-3-2-4-9-15/h13-14,16H,2-12H2,1H3. The van der Waals surface area contributed by atoms with Crippen LogP contribution in [0.3, 0.4) is 0 Å². The molecule has 98 valence electrons. The molecule has 2 aliphatic carbocycles. The smallest absolute Gasteiger partial charge is 0.0224 e.